The first-order valence-corrected chi connectivity index (χ1v) is 6.28. The molecule has 17 heavy (non-hydrogen) atoms. The molecule has 0 bridgehead atoms. The number of anilines is 1. The van der Waals surface area contributed by atoms with Crippen molar-refractivity contribution in [3.8, 4) is 0 Å². The Morgan fingerprint density at radius 2 is 2.29 bits per heavy atom. The summed E-state index contributed by atoms with van der Waals surface area (Å²) in [7, 11) is 0. The van der Waals surface area contributed by atoms with Crippen molar-refractivity contribution in [3.05, 3.63) is 46.5 Å². The predicted octanol–water partition coefficient (Wildman–Crippen LogP) is 2.71. The van der Waals surface area contributed by atoms with Gasteiger partial charge in [-0.25, -0.2) is 9.50 Å². The normalized spacial score (nSPS) is 10.9. The highest BCUT2D eigenvalue weighted by atomic mass is 32.1. The van der Waals surface area contributed by atoms with Crippen molar-refractivity contribution in [3.63, 3.8) is 0 Å². The van der Waals surface area contributed by atoms with Gasteiger partial charge in [0.05, 0.1) is 12.7 Å². The quantitative estimate of drug-likeness (QED) is 0.770. The fourth-order valence-corrected chi connectivity index (χ4v) is 2.59. The summed E-state index contributed by atoms with van der Waals surface area (Å²) in [5.41, 5.74) is 2.32. The highest BCUT2D eigenvalue weighted by Crippen LogP contribution is 2.18. The molecule has 0 aromatic carbocycles. The van der Waals surface area contributed by atoms with Crippen LogP contribution in [-0.2, 0) is 6.54 Å². The number of aromatic nitrogens is 3. The first kappa shape index (κ1) is 10.3. The number of aryl methyl sites for hydroxylation is 1. The standard InChI is InChI=1S/C12H12N4S/c1-9-3-7-17-11(9)8-14-12-10-2-4-15-16(10)6-5-13-12/h2-7H,8H2,1H3,(H,13,14). The zero-order chi connectivity index (χ0) is 11.7. The van der Waals surface area contributed by atoms with Gasteiger partial charge in [0, 0.05) is 17.3 Å². The molecule has 0 unspecified atom stereocenters. The van der Waals surface area contributed by atoms with Gasteiger partial charge in [-0.15, -0.1) is 11.3 Å². The van der Waals surface area contributed by atoms with Crippen molar-refractivity contribution < 1.29 is 0 Å². The molecule has 0 spiro atoms. The summed E-state index contributed by atoms with van der Waals surface area (Å²) in [5.74, 6) is 0.873. The number of hydrogen-bond donors (Lipinski definition) is 1. The molecule has 0 fully saturated rings. The van der Waals surface area contributed by atoms with Crippen LogP contribution in [0, 0.1) is 6.92 Å². The van der Waals surface area contributed by atoms with E-state index in [1.165, 1.54) is 10.4 Å². The fraction of sp³-hybridized carbons (Fsp3) is 0.167. The topological polar surface area (TPSA) is 42.2 Å². The molecule has 0 saturated heterocycles. The average molecular weight is 244 g/mol. The Labute approximate surface area is 103 Å². The Morgan fingerprint density at radius 1 is 1.35 bits per heavy atom. The van der Waals surface area contributed by atoms with Crippen LogP contribution in [0.25, 0.3) is 5.52 Å². The molecule has 5 heteroatoms. The minimum atomic E-state index is 0.807. The monoisotopic (exact) mass is 244 g/mol. The highest BCUT2D eigenvalue weighted by molar-refractivity contribution is 7.10. The molecule has 3 aromatic rings. The molecule has 1 N–H and O–H groups in total. The van der Waals surface area contributed by atoms with Gasteiger partial charge in [0.1, 0.15) is 5.52 Å². The molecule has 0 aliphatic carbocycles. The number of hydrogen-bond acceptors (Lipinski definition) is 4. The van der Waals surface area contributed by atoms with E-state index in [4.69, 9.17) is 0 Å². The second-order valence-corrected chi connectivity index (χ2v) is 4.82. The average Bonchev–Trinajstić information content (AvgIpc) is 2.95. The maximum absolute atomic E-state index is 4.34. The molecule has 86 valence electrons. The summed E-state index contributed by atoms with van der Waals surface area (Å²) in [4.78, 5) is 5.68. The smallest absolute Gasteiger partial charge is 0.152 e. The molecule has 0 amide bonds. The molecule has 4 nitrogen and oxygen atoms in total. The van der Waals surface area contributed by atoms with Gasteiger partial charge in [0.15, 0.2) is 5.82 Å². The van der Waals surface area contributed by atoms with Crippen molar-refractivity contribution in [1.29, 1.82) is 0 Å². The second kappa shape index (κ2) is 4.18. The van der Waals surface area contributed by atoms with Gasteiger partial charge in [-0.05, 0) is 30.0 Å². The summed E-state index contributed by atoms with van der Waals surface area (Å²) in [6.07, 6.45) is 5.37. The Kier molecular flexibility index (Phi) is 2.53. The van der Waals surface area contributed by atoms with Gasteiger partial charge in [0.2, 0.25) is 0 Å². The molecule has 0 aliphatic rings. The van der Waals surface area contributed by atoms with Crippen LogP contribution in [0.1, 0.15) is 10.4 Å². The summed E-state index contributed by atoms with van der Waals surface area (Å²) in [5, 5.41) is 9.65. The number of rotatable bonds is 3. The van der Waals surface area contributed by atoms with Crippen LogP contribution >= 0.6 is 11.3 Å². The molecule has 3 rings (SSSR count). The van der Waals surface area contributed by atoms with Gasteiger partial charge >= 0.3 is 0 Å². The fourth-order valence-electron chi connectivity index (χ4n) is 1.74. The zero-order valence-electron chi connectivity index (χ0n) is 9.42. The van der Waals surface area contributed by atoms with E-state index in [2.05, 4.69) is 33.8 Å². The van der Waals surface area contributed by atoms with Crippen molar-refractivity contribution in [1.82, 2.24) is 14.6 Å². The maximum Gasteiger partial charge on any atom is 0.152 e. The third kappa shape index (κ3) is 1.89. The van der Waals surface area contributed by atoms with Crippen molar-refractivity contribution in [2.45, 2.75) is 13.5 Å². The van der Waals surface area contributed by atoms with E-state index >= 15 is 0 Å². The largest absolute Gasteiger partial charge is 0.363 e. The number of nitrogens with zero attached hydrogens (tertiary/aromatic N) is 3. The Morgan fingerprint density at radius 3 is 3.12 bits per heavy atom. The summed E-state index contributed by atoms with van der Waals surface area (Å²) in [6.45, 7) is 2.93. The van der Waals surface area contributed by atoms with E-state index in [-0.39, 0.29) is 0 Å². The Hall–Kier alpha value is -1.88. The molecule has 0 atom stereocenters. The van der Waals surface area contributed by atoms with E-state index in [0.717, 1.165) is 17.9 Å². The lowest BCUT2D eigenvalue weighted by Gasteiger charge is -2.06. The Balaban J connectivity index is 1.86. The summed E-state index contributed by atoms with van der Waals surface area (Å²) >= 11 is 1.76. The van der Waals surface area contributed by atoms with Crippen molar-refractivity contribution >= 4 is 22.7 Å². The second-order valence-electron chi connectivity index (χ2n) is 3.82. The minimum absolute atomic E-state index is 0.807. The molecule has 0 aliphatic heterocycles. The highest BCUT2D eigenvalue weighted by Gasteiger charge is 2.04. The predicted molar refractivity (Wildman–Crippen MR) is 69.4 cm³/mol. The molecular formula is C12H12N4S. The Bertz CT molecular complexity index is 641. The van der Waals surface area contributed by atoms with Gasteiger partial charge in [-0.1, -0.05) is 0 Å². The lowest BCUT2D eigenvalue weighted by Crippen LogP contribution is -2.03. The van der Waals surface area contributed by atoms with E-state index in [1.54, 1.807) is 23.7 Å². The molecule has 0 saturated carbocycles. The lowest BCUT2D eigenvalue weighted by molar-refractivity contribution is 0.942. The number of thiophene rings is 1. The van der Waals surface area contributed by atoms with Crippen LogP contribution < -0.4 is 5.32 Å². The van der Waals surface area contributed by atoms with Gasteiger partial charge in [-0.2, -0.15) is 5.10 Å². The number of fused-ring (bicyclic) bond motifs is 1. The molecule has 3 heterocycles. The van der Waals surface area contributed by atoms with Crippen molar-refractivity contribution in [2.75, 3.05) is 5.32 Å². The third-order valence-corrected chi connectivity index (χ3v) is 3.73. The van der Waals surface area contributed by atoms with E-state index in [9.17, 15) is 0 Å². The summed E-state index contributed by atoms with van der Waals surface area (Å²) in [6, 6.07) is 4.09. The first-order chi connectivity index (χ1) is 8.34. The zero-order valence-corrected chi connectivity index (χ0v) is 10.2. The van der Waals surface area contributed by atoms with E-state index in [1.807, 2.05) is 16.8 Å². The molecule has 0 radical (unpaired) electrons. The van der Waals surface area contributed by atoms with Crippen LogP contribution in [0.15, 0.2) is 36.1 Å². The van der Waals surface area contributed by atoms with Crippen LogP contribution in [0.3, 0.4) is 0 Å². The van der Waals surface area contributed by atoms with Crippen LogP contribution in [-0.4, -0.2) is 14.6 Å². The molecular weight excluding hydrogens is 232 g/mol. The maximum atomic E-state index is 4.34. The third-order valence-electron chi connectivity index (χ3n) is 2.71. The molecule has 3 aromatic heterocycles. The first-order valence-electron chi connectivity index (χ1n) is 5.40. The van der Waals surface area contributed by atoms with Crippen molar-refractivity contribution in [2.24, 2.45) is 0 Å². The number of nitrogens with one attached hydrogen (secondary N) is 1. The van der Waals surface area contributed by atoms with Gasteiger partial charge in [-0.3, -0.25) is 0 Å². The summed E-state index contributed by atoms with van der Waals surface area (Å²) < 4.78 is 1.82. The SMILES string of the molecule is Cc1ccsc1CNc1nccn2nccc12. The van der Waals surface area contributed by atoms with Gasteiger partial charge in [0.25, 0.3) is 0 Å². The van der Waals surface area contributed by atoms with Crippen LogP contribution in [0.5, 0.6) is 0 Å². The van der Waals surface area contributed by atoms with Gasteiger partial charge < -0.3 is 5.32 Å². The van der Waals surface area contributed by atoms with Crippen LogP contribution in [0.2, 0.25) is 0 Å². The lowest BCUT2D eigenvalue weighted by atomic mass is 10.3. The minimum Gasteiger partial charge on any atom is -0.363 e. The van der Waals surface area contributed by atoms with E-state index in [0.29, 0.717) is 0 Å². The van der Waals surface area contributed by atoms with Crippen LogP contribution in [0.4, 0.5) is 5.82 Å². The van der Waals surface area contributed by atoms with E-state index < -0.39 is 0 Å².